The quantitative estimate of drug-likeness (QED) is 0.349. The van der Waals surface area contributed by atoms with Gasteiger partial charge in [-0.3, -0.25) is 4.98 Å². The highest BCUT2D eigenvalue weighted by molar-refractivity contribution is 5.75. The normalized spacial score (nSPS) is 37.8. The molecule has 0 aromatic carbocycles. The Morgan fingerprint density at radius 3 is 2.53 bits per heavy atom. The average molecular weight is 529 g/mol. The van der Waals surface area contributed by atoms with Crippen molar-refractivity contribution in [2.45, 2.75) is 96.2 Å². The van der Waals surface area contributed by atoms with Crippen LogP contribution < -0.4 is 5.32 Å². The first-order valence-electron chi connectivity index (χ1n) is 13.8. The van der Waals surface area contributed by atoms with Gasteiger partial charge in [-0.1, -0.05) is 32.1 Å². The fourth-order valence-corrected chi connectivity index (χ4v) is 6.49. The fourth-order valence-electron chi connectivity index (χ4n) is 6.49. The zero-order valence-corrected chi connectivity index (χ0v) is 23.4. The first-order valence-corrected chi connectivity index (χ1v) is 13.8. The van der Waals surface area contributed by atoms with Crippen molar-refractivity contribution >= 4 is 5.97 Å². The Morgan fingerprint density at radius 1 is 1.18 bits per heavy atom. The number of pyridine rings is 1. The summed E-state index contributed by atoms with van der Waals surface area (Å²) < 4.78 is 18.5. The first-order chi connectivity index (χ1) is 18.1. The molecule has 0 radical (unpaired) electrons. The summed E-state index contributed by atoms with van der Waals surface area (Å²) in [6.45, 7) is 10.2. The average Bonchev–Trinajstić information content (AvgIpc) is 3.20. The number of carbonyl (C=O) groups is 1. The number of methoxy groups -OCH3 is 1. The molecule has 0 saturated carbocycles. The molecule has 8 heteroatoms. The van der Waals surface area contributed by atoms with E-state index < -0.39 is 36.0 Å². The Balaban J connectivity index is 1.70. The monoisotopic (exact) mass is 528 g/mol. The molecule has 11 atom stereocenters. The van der Waals surface area contributed by atoms with Crippen molar-refractivity contribution in [2.75, 3.05) is 7.11 Å². The number of esters is 1. The smallest absolute Gasteiger partial charge is 0.335 e. The van der Waals surface area contributed by atoms with Gasteiger partial charge >= 0.3 is 5.97 Å². The molecule has 3 aliphatic rings. The summed E-state index contributed by atoms with van der Waals surface area (Å²) in [5.41, 5.74) is 1.57. The topological polar surface area (TPSA) is 110 Å². The maximum atomic E-state index is 13.1. The third-order valence-corrected chi connectivity index (χ3v) is 8.91. The van der Waals surface area contributed by atoms with Crippen LogP contribution in [-0.4, -0.2) is 70.4 Å². The van der Waals surface area contributed by atoms with Gasteiger partial charge in [0, 0.05) is 49.8 Å². The summed E-state index contributed by atoms with van der Waals surface area (Å²) >= 11 is 0. The lowest BCUT2D eigenvalue weighted by Gasteiger charge is -2.42. The molecule has 38 heavy (non-hydrogen) atoms. The third-order valence-electron chi connectivity index (χ3n) is 8.91. The molecule has 3 N–H and O–H groups in total. The van der Waals surface area contributed by atoms with Crippen molar-refractivity contribution < 1.29 is 29.2 Å². The predicted molar refractivity (Wildman–Crippen MR) is 144 cm³/mol. The van der Waals surface area contributed by atoms with Gasteiger partial charge in [0.1, 0.15) is 6.10 Å². The number of hydrogen-bond acceptors (Lipinski definition) is 8. The molecule has 1 saturated heterocycles. The molecule has 1 aliphatic carbocycles. The van der Waals surface area contributed by atoms with E-state index >= 15 is 0 Å². The summed E-state index contributed by atoms with van der Waals surface area (Å²) in [7, 11) is 1.52. The SMILES string of the molecule is CO[C@H]1C[C@H]2C=C[C@@H]3C[C@]2(O[C@H]3[C@@H](NCc2ccncc2)C(C)[C@H](C)O)/C(C)=C/[C@@H](C)[C@@H]([C@@H](C)O)OC1=O. The molecule has 1 unspecified atom stereocenters. The minimum absolute atomic E-state index is 0.0616. The predicted octanol–water partition coefficient (Wildman–Crippen LogP) is 3.18. The molecular weight excluding hydrogens is 484 g/mol. The molecule has 8 nitrogen and oxygen atoms in total. The molecule has 0 amide bonds. The van der Waals surface area contributed by atoms with Crippen molar-refractivity contribution in [1.82, 2.24) is 10.3 Å². The van der Waals surface area contributed by atoms with Crippen molar-refractivity contribution in [3.8, 4) is 0 Å². The van der Waals surface area contributed by atoms with Crippen LogP contribution in [0.2, 0.25) is 0 Å². The molecule has 2 bridgehead atoms. The van der Waals surface area contributed by atoms with Gasteiger partial charge in [-0.15, -0.1) is 0 Å². The number of aromatic nitrogens is 1. The first kappa shape index (κ1) is 28.9. The lowest BCUT2D eigenvalue weighted by molar-refractivity contribution is -0.171. The molecule has 1 aromatic rings. The van der Waals surface area contributed by atoms with Crippen molar-refractivity contribution in [2.24, 2.45) is 23.7 Å². The number of cyclic esters (lactones) is 1. The molecule has 1 fully saturated rings. The van der Waals surface area contributed by atoms with E-state index in [-0.39, 0.29) is 35.8 Å². The van der Waals surface area contributed by atoms with E-state index in [9.17, 15) is 15.0 Å². The van der Waals surface area contributed by atoms with Crippen LogP contribution in [-0.2, 0) is 25.5 Å². The van der Waals surface area contributed by atoms with Crippen LogP contribution in [0.4, 0.5) is 0 Å². The lowest BCUT2D eigenvalue weighted by atomic mass is 9.69. The van der Waals surface area contributed by atoms with Gasteiger partial charge in [-0.25, -0.2) is 4.79 Å². The summed E-state index contributed by atoms with van der Waals surface area (Å²) in [6, 6.07) is 3.86. The second-order valence-electron chi connectivity index (χ2n) is 11.5. The van der Waals surface area contributed by atoms with E-state index in [1.807, 2.05) is 26.0 Å². The number of aliphatic hydroxyl groups is 2. The maximum absolute atomic E-state index is 13.1. The number of carbonyl (C=O) groups excluding carboxylic acids is 1. The highest BCUT2D eigenvalue weighted by Crippen LogP contribution is 2.52. The van der Waals surface area contributed by atoms with Crippen molar-refractivity contribution in [3.05, 3.63) is 53.9 Å². The summed E-state index contributed by atoms with van der Waals surface area (Å²) in [6.07, 6.45) is 8.27. The van der Waals surface area contributed by atoms with Crippen LogP contribution in [0.5, 0.6) is 0 Å². The van der Waals surface area contributed by atoms with Gasteiger partial charge in [-0.05, 0) is 62.8 Å². The Morgan fingerprint density at radius 2 is 1.89 bits per heavy atom. The van der Waals surface area contributed by atoms with Crippen LogP contribution >= 0.6 is 0 Å². The Labute approximate surface area is 226 Å². The molecule has 3 heterocycles. The number of hydrogen-bond donors (Lipinski definition) is 3. The van der Waals surface area contributed by atoms with Gasteiger partial charge in [-0.2, -0.15) is 0 Å². The second kappa shape index (κ2) is 12.0. The summed E-state index contributed by atoms with van der Waals surface area (Å²) in [5, 5.41) is 24.7. The number of fused-ring (bicyclic) bond motifs is 1. The van der Waals surface area contributed by atoms with E-state index in [1.165, 1.54) is 7.11 Å². The zero-order valence-electron chi connectivity index (χ0n) is 23.4. The Bertz CT molecular complexity index is 1010. The standard InChI is InChI=1S/C30H44N2O6/c1-17-13-18(2)30-15-23(7-8-24(30)14-25(36-6)29(35)37-27(17)21(5)34)28(38-30)26(19(3)20(4)33)32-16-22-9-11-31-12-10-22/h7-13,17,19-21,23-28,32-34H,14-16H2,1-6H3/b18-13+/t17-,19?,20+,21-,23-,24-,25+,26+,27+,28-,30+/m1/s1. The second-order valence-corrected chi connectivity index (χ2v) is 11.5. The van der Waals surface area contributed by atoms with Crippen LogP contribution in [0, 0.1) is 23.7 Å². The minimum atomic E-state index is -0.826. The van der Waals surface area contributed by atoms with Crippen molar-refractivity contribution in [1.29, 1.82) is 0 Å². The maximum Gasteiger partial charge on any atom is 0.335 e. The number of rotatable bonds is 8. The van der Waals surface area contributed by atoms with Crippen molar-refractivity contribution in [3.63, 3.8) is 0 Å². The number of nitrogens with zero attached hydrogens (tertiary/aromatic N) is 1. The van der Waals surface area contributed by atoms with Gasteiger partial charge < -0.3 is 29.7 Å². The van der Waals surface area contributed by atoms with Crippen LogP contribution in [0.1, 0.15) is 53.0 Å². The number of ether oxygens (including phenoxy) is 3. The number of aliphatic hydroxyl groups excluding tert-OH is 2. The summed E-state index contributed by atoms with van der Waals surface area (Å²) in [5.74, 6) is -0.680. The Kier molecular flexibility index (Phi) is 9.10. The highest BCUT2D eigenvalue weighted by atomic mass is 16.6. The highest BCUT2D eigenvalue weighted by Gasteiger charge is 2.56. The fraction of sp³-hybridized carbons (Fsp3) is 0.667. The largest absolute Gasteiger partial charge is 0.457 e. The van der Waals surface area contributed by atoms with Gasteiger partial charge in [0.15, 0.2) is 6.10 Å². The zero-order chi connectivity index (χ0) is 27.6. The third kappa shape index (κ3) is 5.75. The van der Waals surface area contributed by atoms with E-state index in [0.717, 1.165) is 17.6 Å². The molecule has 4 rings (SSSR count). The molecule has 1 spiro atoms. The van der Waals surface area contributed by atoms with E-state index in [0.29, 0.717) is 13.0 Å². The van der Waals surface area contributed by atoms with Gasteiger partial charge in [0.2, 0.25) is 0 Å². The molecular formula is C30H44N2O6. The lowest BCUT2D eigenvalue weighted by Crippen LogP contribution is -2.50. The van der Waals surface area contributed by atoms with Crippen LogP contribution in [0.15, 0.2) is 48.3 Å². The van der Waals surface area contributed by atoms with Crippen LogP contribution in [0.25, 0.3) is 0 Å². The molecule has 1 aromatic heterocycles. The van der Waals surface area contributed by atoms with Gasteiger partial charge in [0.05, 0.1) is 23.9 Å². The van der Waals surface area contributed by atoms with E-state index in [2.05, 4.69) is 42.4 Å². The number of nitrogens with one attached hydrogen (secondary N) is 1. The summed E-state index contributed by atoms with van der Waals surface area (Å²) in [4.78, 5) is 17.2. The minimum Gasteiger partial charge on any atom is -0.457 e. The molecule has 2 aliphatic heterocycles. The van der Waals surface area contributed by atoms with E-state index in [1.54, 1.807) is 19.3 Å². The van der Waals surface area contributed by atoms with Gasteiger partial charge in [0.25, 0.3) is 0 Å². The van der Waals surface area contributed by atoms with E-state index in [4.69, 9.17) is 14.2 Å². The van der Waals surface area contributed by atoms with Crippen LogP contribution in [0.3, 0.4) is 0 Å². The Hall–Kier alpha value is -2.10. The molecule has 210 valence electrons.